The number of carboxylic acid groups (broad SMARTS) is 1. The maximum atomic E-state index is 11.4. The van der Waals surface area contributed by atoms with Gasteiger partial charge in [-0.05, 0) is 12.0 Å². The summed E-state index contributed by atoms with van der Waals surface area (Å²) in [6.45, 7) is -1.05. The summed E-state index contributed by atoms with van der Waals surface area (Å²) in [5.41, 5.74) is 0.994. The molecule has 0 aromatic heterocycles. The molecule has 6 heteroatoms. The van der Waals surface area contributed by atoms with E-state index < -0.39 is 24.5 Å². The van der Waals surface area contributed by atoms with E-state index in [1.807, 2.05) is 30.3 Å². The van der Waals surface area contributed by atoms with Crippen LogP contribution in [0.1, 0.15) is 5.56 Å². The lowest BCUT2D eigenvalue weighted by Gasteiger charge is -2.16. The highest BCUT2D eigenvalue weighted by molar-refractivity contribution is 5.78. The highest BCUT2D eigenvalue weighted by Gasteiger charge is 2.12. The average molecular weight is 267 g/mol. The van der Waals surface area contributed by atoms with Crippen molar-refractivity contribution >= 4 is 11.9 Å². The van der Waals surface area contributed by atoms with Crippen LogP contribution in [0.2, 0.25) is 0 Å². The quantitative estimate of drug-likeness (QED) is 0.606. The van der Waals surface area contributed by atoms with Gasteiger partial charge in [-0.15, -0.1) is 0 Å². The maximum absolute atomic E-state index is 11.4. The van der Waals surface area contributed by atoms with E-state index in [4.69, 9.17) is 5.11 Å². The van der Waals surface area contributed by atoms with Crippen molar-refractivity contribution in [3.63, 3.8) is 0 Å². The lowest BCUT2D eigenvalue weighted by molar-refractivity contribution is -0.143. The van der Waals surface area contributed by atoms with Gasteiger partial charge < -0.3 is 20.3 Å². The smallest absolute Gasteiger partial charge is 0.329 e. The van der Waals surface area contributed by atoms with Gasteiger partial charge >= 0.3 is 5.97 Å². The van der Waals surface area contributed by atoms with Crippen LogP contribution in [0, 0.1) is 0 Å². The lowest BCUT2D eigenvalue weighted by atomic mass is 10.1. The van der Waals surface area contributed by atoms with Crippen molar-refractivity contribution in [2.45, 2.75) is 12.5 Å². The van der Waals surface area contributed by atoms with Crippen molar-refractivity contribution in [1.29, 1.82) is 0 Å². The fraction of sp³-hybridized carbons (Fsp3) is 0.385. The van der Waals surface area contributed by atoms with Gasteiger partial charge in [-0.3, -0.25) is 4.79 Å². The molecule has 1 atom stereocenters. The molecule has 0 bridgehead atoms. The van der Waals surface area contributed by atoms with Gasteiger partial charge in [0, 0.05) is 0 Å². The first-order valence-electron chi connectivity index (χ1n) is 5.85. The second-order valence-corrected chi connectivity index (χ2v) is 4.02. The van der Waals surface area contributed by atoms with Gasteiger partial charge in [0.25, 0.3) is 0 Å². The zero-order valence-electron chi connectivity index (χ0n) is 10.4. The van der Waals surface area contributed by atoms with Crippen LogP contribution in [-0.4, -0.2) is 48.0 Å². The van der Waals surface area contributed by atoms with Crippen LogP contribution in [0.15, 0.2) is 30.3 Å². The van der Waals surface area contributed by atoms with Crippen molar-refractivity contribution in [2.75, 3.05) is 19.8 Å². The minimum atomic E-state index is -1.13. The highest BCUT2D eigenvalue weighted by Crippen LogP contribution is 2.02. The minimum Gasteiger partial charge on any atom is -0.480 e. The van der Waals surface area contributed by atoms with Crippen molar-refractivity contribution in [2.24, 2.45) is 0 Å². The fourth-order valence-electron chi connectivity index (χ4n) is 1.56. The van der Waals surface area contributed by atoms with Crippen molar-refractivity contribution in [1.82, 2.24) is 5.32 Å². The molecule has 0 saturated carbocycles. The molecule has 0 heterocycles. The van der Waals surface area contributed by atoms with Crippen molar-refractivity contribution in [3.05, 3.63) is 35.9 Å². The van der Waals surface area contributed by atoms with E-state index in [1.54, 1.807) is 0 Å². The summed E-state index contributed by atoms with van der Waals surface area (Å²) in [6.07, 6.45) is 0.502. The number of aliphatic hydroxyl groups excluding tert-OH is 1. The zero-order chi connectivity index (χ0) is 14.1. The van der Waals surface area contributed by atoms with Gasteiger partial charge in [-0.1, -0.05) is 30.3 Å². The van der Waals surface area contributed by atoms with Gasteiger partial charge in [-0.25, -0.2) is 4.79 Å². The number of hydrogen-bond acceptors (Lipinski definition) is 4. The summed E-state index contributed by atoms with van der Waals surface area (Å²) in [5.74, 6) is -1.58. The first-order chi connectivity index (χ1) is 9.11. The Morgan fingerprint density at radius 1 is 1.21 bits per heavy atom. The molecule has 0 fully saturated rings. The third-order valence-corrected chi connectivity index (χ3v) is 2.37. The normalized spacial score (nSPS) is 11.8. The Hall–Kier alpha value is -1.92. The molecular weight excluding hydrogens is 250 g/mol. The van der Waals surface area contributed by atoms with Gasteiger partial charge in [0.15, 0.2) is 0 Å². The summed E-state index contributed by atoms with van der Waals surface area (Å²) in [7, 11) is 0. The second-order valence-electron chi connectivity index (χ2n) is 4.02. The highest BCUT2D eigenvalue weighted by atomic mass is 16.5. The van der Waals surface area contributed by atoms with Crippen LogP contribution in [0.3, 0.4) is 0 Å². The van der Waals surface area contributed by atoms with E-state index in [0.717, 1.165) is 5.56 Å². The first-order valence-corrected chi connectivity index (χ1v) is 5.85. The second kappa shape index (κ2) is 8.23. The molecule has 19 heavy (non-hydrogen) atoms. The molecule has 3 N–H and O–H groups in total. The largest absolute Gasteiger partial charge is 0.480 e. The molecule has 1 amide bonds. The number of amides is 1. The van der Waals surface area contributed by atoms with Gasteiger partial charge in [0.2, 0.25) is 5.91 Å². The van der Waals surface area contributed by atoms with E-state index in [0.29, 0.717) is 6.42 Å². The number of aliphatic hydroxyl groups is 1. The molecule has 0 aliphatic heterocycles. The topological polar surface area (TPSA) is 95.9 Å². The fourth-order valence-corrected chi connectivity index (χ4v) is 1.56. The van der Waals surface area contributed by atoms with Gasteiger partial charge in [0.05, 0.1) is 12.6 Å². The zero-order valence-corrected chi connectivity index (χ0v) is 10.4. The van der Waals surface area contributed by atoms with Crippen LogP contribution in [-0.2, 0) is 20.7 Å². The van der Waals surface area contributed by atoms with Gasteiger partial charge in [0.1, 0.15) is 13.2 Å². The Kier molecular flexibility index (Phi) is 6.56. The number of carbonyl (C=O) groups excluding carboxylic acids is 1. The minimum absolute atomic E-state index is 0.195. The predicted molar refractivity (Wildman–Crippen MR) is 67.6 cm³/mol. The van der Waals surface area contributed by atoms with E-state index in [2.05, 4.69) is 10.1 Å². The monoisotopic (exact) mass is 267 g/mol. The van der Waals surface area contributed by atoms with Gasteiger partial charge in [-0.2, -0.15) is 0 Å². The molecule has 0 unspecified atom stereocenters. The first kappa shape index (κ1) is 15.1. The van der Waals surface area contributed by atoms with E-state index in [9.17, 15) is 14.7 Å². The lowest BCUT2D eigenvalue weighted by Crippen LogP contribution is -2.41. The Morgan fingerprint density at radius 3 is 2.47 bits per heavy atom. The van der Waals surface area contributed by atoms with Crippen LogP contribution in [0.4, 0.5) is 0 Å². The van der Waals surface area contributed by atoms with Crippen LogP contribution in [0.25, 0.3) is 0 Å². The Bertz CT molecular complexity index is 407. The number of carboxylic acids is 1. The predicted octanol–water partition coefficient (Wildman–Crippen LogP) is -0.193. The van der Waals surface area contributed by atoms with E-state index in [1.165, 1.54) is 0 Å². The summed E-state index contributed by atoms with van der Waals surface area (Å²) in [4.78, 5) is 21.6. The Labute approximate surface area is 111 Å². The molecule has 1 rings (SSSR count). The SMILES string of the molecule is O=C(O)COCC(=O)N[C@H](CO)Cc1ccccc1. The standard InChI is InChI=1S/C13H17NO5/c15-7-11(6-10-4-2-1-3-5-10)14-12(16)8-19-9-13(17)18/h1-5,11,15H,6-9H2,(H,14,16)(H,17,18)/t11-/m0/s1. The molecule has 1 aromatic carbocycles. The number of aliphatic carboxylic acids is 1. The Morgan fingerprint density at radius 2 is 1.89 bits per heavy atom. The molecule has 0 aliphatic carbocycles. The number of hydrogen-bond donors (Lipinski definition) is 3. The molecule has 104 valence electrons. The van der Waals surface area contributed by atoms with Crippen LogP contribution < -0.4 is 5.32 Å². The molecule has 6 nitrogen and oxygen atoms in total. The number of carbonyl (C=O) groups is 2. The molecule has 0 aliphatic rings. The number of rotatable bonds is 8. The summed E-state index contributed by atoms with van der Waals surface area (Å²) in [5, 5.41) is 20.1. The third-order valence-electron chi connectivity index (χ3n) is 2.37. The van der Waals surface area contributed by atoms with Crippen LogP contribution >= 0.6 is 0 Å². The molecule has 0 spiro atoms. The number of benzene rings is 1. The molecule has 0 radical (unpaired) electrons. The van der Waals surface area contributed by atoms with Crippen LogP contribution in [0.5, 0.6) is 0 Å². The average Bonchev–Trinajstić information content (AvgIpc) is 2.38. The molecular formula is C13H17NO5. The summed E-state index contributed by atoms with van der Waals surface area (Å²) in [6, 6.07) is 9.02. The van der Waals surface area contributed by atoms with E-state index >= 15 is 0 Å². The molecule has 0 saturated heterocycles. The number of nitrogens with one attached hydrogen (secondary N) is 1. The number of ether oxygens (including phenoxy) is 1. The maximum Gasteiger partial charge on any atom is 0.329 e. The van der Waals surface area contributed by atoms with Crippen molar-refractivity contribution in [3.8, 4) is 0 Å². The molecule has 1 aromatic rings. The summed E-state index contributed by atoms with van der Waals surface area (Å²) < 4.78 is 4.66. The van der Waals surface area contributed by atoms with Crippen molar-refractivity contribution < 1.29 is 24.5 Å². The third kappa shape index (κ3) is 6.54. The Balaban J connectivity index is 2.35. The van der Waals surface area contributed by atoms with E-state index in [-0.39, 0.29) is 13.2 Å². The summed E-state index contributed by atoms with van der Waals surface area (Å²) >= 11 is 0.